The zero-order valence-electron chi connectivity index (χ0n) is 20.1. The summed E-state index contributed by atoms with van der Waals surface area (Å²) < 4.78 is 5.81. The molecule has 0 aliphatic heterocycles. The van der Waals surface area contributed by atoms with E-state index in [0.29, 0.717) is 39.8 Å². The molecule has 1 amide bonds. The van der Waals surface area contributed by atoms with Crippen LogP contribution in [0, 0.1) is 6.92 Å². The highest BCUT2D eigenvalue weighted by molar-refractivity contribution is 7.98. The molecule has 1 N–H and O–H groups in total. The number of hydrogen-bond acceptors (Lipinski definition) is 4. The van der Waals surface area contributed by atoms with E-state index in [1.54, 1.807) is 60.3 Å². The number of aryl methyl sites for hydroxylation is 1. The Bertz CT molecular complexity index is 1370. The van der Waals surface area contributed by atoms with Gasteiger partial charge in [-0.05, 0) is 62.4 Å². The van der Waals surface area contributed by atoms with Crippen LogP contribution >= 0.6 is 23.4 Å². The fourth-order valence-corrected chi connectivity index (χ4v) is 4.73. The second-order valence-electron chi connectivity index (χ2n) is 8.20. The summed E-state index contributed by atoms with van der Waals surface area (Å²) in [5.41, 5.74) is 3.87. The SMILES string of the molecule is CCOc1ccc(C(=O)Nc2ccc(Cl)cc2C(=O)c2ccccc2)cc1CSc1ccc(C)cc1. The zero-order chi connectivity index (χ0) is 25.5. The number of carbonyl (C=O) groups excluding carboxylic acids is 2. The van der Waals surface area contributed by atoms with Crippen molar-refractivity contribution in [1.82, 2.24) is 0 Å². The van der Waals surface area contributed by atoms with Crippen LogP contribution in [0.25, 0.3) is 0 Å². The molecule has 0 aromatic heterocycles. The van der Waals surface area contributed by atoms with Gasteiger partial charge in [-0.25, -0.2) is 0 Å². The maximum absolute atomic E-state index is 13.2. The highest BCUT2D eigenvalue weighted by atomic mass is 35.5. The van der Waals surface area contributed by atoms with E-state index in [4.69, 9.17) is 16.3 Å². The number of benzene rings is 4. The number of hydrogen-bond donors (Lipinski definition) is 1. The summed E-state index contributed by atoms with van der Waals surface area (Å²) in [6, 6.07) is 27.5. The molecule has 0 atom stereocenters. The predicted octanol–water partition coefficient (Wildman–Crippen LogP) is 7.82. The van der Waals surface area contributed by atoms with Crippen molar-refractivity contribution in [2.75, 3.05) is 11.9 Å². The molecular formula is C30H26ClNO3S. The van der Waals surface area contributed by atoms with Gasteiger partial charge in [0.25, 0.3) is 5.91 Å². The fraction of sp³-hybridized carbons (Fsp3) is 0.133. The topological polar surface area (TPSA) is 55.4 Å². The normalized spacial score (nSPS) is 10.6. The average molecular weight is 516 g/mol. The molecule has 0 heterocycles. The van der Waals surface area contributed by atoms with Gasteiger partial charge in [0, 0.05) is 37.9 Å². The molecule has 0 aliphatic carbocycles. The molecule has 0 saturated heterocycles. The van der Waals surface area contributed by atoms with E-state index < -0.39 is 0 Å². The van der Waals surface area contributed by atoms with E-state index in [-0.39, 0.29) is 11.7 Å². The monoisotopic (exact) mass is 515 g/mol. The lowest BCUT2D eigenvalue weighted by Crippen LogP contribution is -2.15. The molecule has 36 heavy (non-hydrogen) atoms. The van der Waals surface area contributed by atoms with Crippen LogP contribution in [0.4, 0.5) is 5.69 Å². The number of thioether (sulfide) groups is 1. The van der Waals surface area contributed by atoms with Gasteiger partial charge in [-0.3, -0.25) is 9.59 Å². The van der Waals surface area contributed by atoms with Crippen LogP contribution in [0.3, 0.4) is 0 Å². The van der Waals surface area contributed by atoms with Crippen molar-refractivity contribution in [1.29, 1.82) is 0 Å². The average Bonchev–Trinajstić information content (AvgIpc) is 2.90. The van der Waals surface area contributed by atoms with Crippen molar-refractivity contribution < 1.29 is 14.3 Å². The van der Waals surface area contributed by atoms with E-state index in [9.17, 15) is 9.59 Å². The second kappa shape index (κ2) is 11.9. The van der Waals surface area contributed by atoms with Gasteiger partial charge in [-0.15, -0.1) is 11.8 Å². The van der Waals surface area contributed by atoms with E-state index in [2.05, 4.69) is 36.5 Å². The first-order valence-corrected chi connectivity index (χ1v) is 13.0. The molecule has 4 aromatic rings. The molecule has 0 unspecified atom stereocenters. The summed E-state index contributed by atoms with van der Waals surface area (Å²) in [7, 11) is 0. The number of carbonyl (C=O) groups is 2. The van der Waals surface area contributed by atoms with Crippen molar-refractivity contribution >= 4 is 40.7 Å². The van der Waals surface area contributed by atoms with Crippen molar-refractivity contribution in [2.24, 2.45) is 0 Å². The van der Waals surface area contributed by atoms with E-state index in [1.807, 2.05) is 25.1 Å². The minimum absolute atomic E-state index is 0.213. The smallest absolute Gasteiger partial charge is 0.255 e. The third kappa shape index (κ3) is 6.36. The van der Waals surface area contributed by atoms with Gasteiger partial charge in [0.1, 0.15) is 5.75 Å². The van der Waals surface area contributed by atoms with E-state index >= 15 is 0 Å². The quantitative estimate of drug-likeness (QED) is 0.182. The van der Waals surface area contributed by atoms with E-state index in [1.165, 1.54) is 5.56 Å². The molecule has 0 fully saturated rings. The third-order valence-electron chi connectivity index (χ3n) is 5.55. The van der Waals surface area contributed by atoms with Gasteiger partial charge in [-0.1, -0.05) is 59.6 Å². The van der Waals surface area contributed by atoms with Gasteiger partial charge >= 0.3 is 0 Å². The number of ketones is 1. The van der Waals surface area contributed by atoms with Crippen LogP contribution in [0.5, 0.6) is 5.75 Å². The lowest BCUT2D eigenvalue weighted by atomic mass is 10.0. The summed E-state index contributed by atoms with van der Waals surface area (Å²) >= 11 is 7.86. The van der Waals surface area contributed by atoms with Crippen LogP contribution in [-0.4, -0.2) is 18.3 Å². The van der Waals surface area contributed by atoms with Gasteiger partial charge in [0.05, 0.1) is 12.3 Å². The van der Waals surface area contributed by atoms with Crippen molar-refractivity contribution in [3.63, 3.8) is 0 Å². The Hall–Kier alpha value is -3.54. The predicted molar refractivity (Wildman–Crippen MR) is 148 cm³/mol. The molecule has 6 heteroatoms. The summed E-state index contributed by atoms with van der Waals surface area (Å²) in [6.07, 6.45) is 0. The molecule has 0 spiro atoms. The maximum atomic E-state index is 13.2. The third-order valence-corrected chi connectivity index (χ3v) is 6.84. The first kappa shape index (κ1) is 25.5. The van der Waals surface area contributed by atoms with Gasteiger partial charge < -0.3 is 10.1 Å². The zero-order valence-corrected chi connectivity index (χ0v) is 21.7. The number of rotatable bonds is 9. The number of anilines is 1. The highest BCUT2D eigenvalue weighted by Gasteiger charge is 2.18. The van der Waals surface area contributed by atoms with Crippen molar-refractivity contribution in [3.8, 4) is 5.75 Å². The van der Waals surface area contributed by atoms with Crippen molar-refractivity contribution in [2.45, 2.75) is 24.5 Å². The summed E-state index contributed by atoms with van der Waals surface area (Å²) in [6.45, 7) is 4.52. The second-order valence-corrected chi connectivity index (χ2v) is 9.68. The molecule has 0 radical (unpaired) electrons. The number of ether oxygens (including phenoxy) is 1. The highest BCUT2D eigenvalue weighted by Crippen LogP contribution is 2.30. The molecule has 4 rings (SSSR count). The molecule has 0 saturated carbocycles. The van der Waals surface area contributed by atoms with Gasteiger partial charge in [0.15, 0.2) is 5.78 Å². The largest absolute Gasteiger partial charge is 0.494 e. The molecule has 182 valence electrons. The van der Waals surface area contributed by atoms with Crippen LogP contribution in [0.15, 0.2) is 95.9 Å². The van der Waals surface area contributed by atoms with Crippen LogP contribution in [-0.2, 0) is 5.75 Å². The Labute approximate surface area is 220 Å². The van der Waals surface area contributed by atoms with Gasteiger partial charge in [-0.2, -0.15) is 0 Å². The molecule has 0 aliphatic rings. The minimum atomic E-state index is -0.316. The molecule has 4 nitrogen and oxygen atoms in total. The van der Waals surface area contributed by atoms with Crippen LogP contribution in [0.1, 0.15) is 44.3 Å². The Balaban J connectivity index is 1.58. The maximum Gasteiger partial charge on any atom is 0.255 e. The lowest BCUT2D eigenvalue weighted by Gasteiger charge is -2.14. The number of halogens is 1. The van der Waals surface area contributed by atoms with E-state index in [0.717, 1.165) is 16.2 Å². The minimum Gasteiger partial charge on any atom is -0.494 e. The molecule has 4 aromatic carbocycles. The fourth-order valence-electron chi connectivity index (χ4n) is 3.68. The van der Waals surface area contributed by atoms with Crippen LogP contribution in [0.2, 0.25) is 5.02 Å². The van der Waals surface area contributed by atoms with Crippen molar-refractivity contribution in [3.05, 3.63) is 124 Å². The first-order chi connectivity index (χ1) is 17.4. The molecular weight excluding hydrogens is 490 g/mol. The van der Waals surface area contributed by atoms with Crippen LogP contribution < -0.4 is 10.1 Å². The number of amides is 1. The Morgan fingerprint density at radius 2 is 1.64 bits per heavy atom. The summed E-state index contributed by atoms with van der Waals surface area (Å²) in [5.74, 6) is 0.873. The Kier molecular flexibility index (Phi) is 8.47. The van der Waals surface area contributed by atoms with Gasteiger partial charge in [0.2, 0.25) is 0 Å². The Morgan fingerprint density at radius 3 is 2.36 bits per heavy atom. The summed E-state index contributed by atoms with van der Waals surface area (Å²) in [5, 5.41) is 3.32. The standard InChI is InChI=1S/C30H26ClNO3S/c1-3-35-28-16-11-22(17-23(28)19-36-25-13-9-20(2)10-14-25)30(34)32-27-15-12-24(31)18-26(27)29(33)21-7-5-4-6-8-21/h4-18H,3,19H2,1-2H3,(H,32,34). The lowest BCUT2D eigenvalue weighted by molar-refractivity contribution is 0.102. The first-order valence-electron chi connectivity index (χ1n) is 11.6. The summed E-state index contributed by atoms with van der Waals surface area (Å²) in [4.78, 5) is 27.5. The number of nitrogens with one attached hydrogen (secondary N) is 1. The molecule has 0 bridgehead atoms. The Morgan fingerprint density at radius 1 is 0.889 bits per heavy atom.